The minimum absolute atomic E-state index is 0.0876. The number of aliphatic imine (C=N–C) groups is 1. The van der Waals surface area contributed by atoms with E-state index in [-0.39, 0.29) is 24.1 Å². The lowest BCUT2D eigenvalue weighted by Crippen LogP contribution is -2.40. The predicted molar refractivity (Wildman–Crippen MR) is 124 cm³/mol. The van der Waals surface area contributed by atoms with Crippen LogP contribution in [-0.4, -0.2) is 49.9 Å². The van der Waals surface area contributed by atoms with Crippen molar-refractivity contribution in [2.75, 3.05) is 29.1 Å². The lowest BCUT2D eigenvalue weighted by molar-refractivity contribution is -0.115. The number of carbonyl (C=O) groups is 1. The van der Waals surface area contributed by atoms with E-state index < -0.39 is 17.2 Å². The first kappa shape index (κ1) is 22.1. The number of fused-ring (bicyclic) bond motifs is 1. The van der Waals surface area contributed by atoms with Crippen LogP contribution in [0.4, 0.5) is 20.4 Å². The minimum Gasteiger partial charge on any atom is -0.379 e. The molecular formula is C22H20F2N8OS. The monoisotopic (exact) mass is 482 g/mol. The van der Waals surface area contributed by atoms with Gasteiger partial charge in [-0.05, 0) is 17.7 Å². The van der Waals surface area contributed by atoms with Gasteiger partial charge in [-0.3, -0.25) is 4.79 Å². The molecule has 5 rings (SSSR count). The topological polar surface area (TPSA) is 122 Å². The second-order valence-electron chi connectivity index (χ2n) is 8.09. The summed E-state index contributed by atoms with van der Waals surface area (Å²) in [7, 11) is 0. The summed E-state index contributed by atoms with van der Waals surface area (Å²) in [6.45, 7) is 1.10. The predicted octanol–water partition coefficient (Wildman–Crippen LogP) is 2.12. The van der Waals surface area contributed by atoms with Gasteiger partial charge in [0.1, 0.15) is 11.4 Å². The molecule has 1 saturated heterocycles. The summed E-state index contributed by atoms with van der Waals surface area (Å²) in [5.41, 5.74) is 6.95. The minimum atomic E-state index is -0.659. The first-order valence-electron chi connectivity index (χ1n) is 10.5. The number of anilines is 2. The Kier molecular flexibility index (Phi) is 5.82. The normalized spacial score (nSPS) is 21.6. The van der Waals surface area contributed by atoms with Gasteiger partial charge in [0.2, 0.25) is 11.9 Å². The zero-order valence-corrected chi connectivity index (χ0v) is 18.7. The third-order valence-electron chi connectivity index (χ3n) is 5.82. The number of thioether (sulfide) groups is 1. The highest BCUT2D eigenvalue weighted by molar-refractivity contribution is 8.13. The zero-order valence-electron chi connectivity index (χ0n) is 17.9. The quantitative estimate of drug-likeness (QED) is 0.567. The second-order valence-corrected chi connectivity index (χ2v) is 9.13. The summed E-state index contributed by atoms with van der Waals surface area (Å²) in [6.07, 6.45) is 4.25. The highest BCUT2D eigenvalue weighted by Gasteiger charge is 2.50. The molecule has 1 amide bonds. The maximum Gasteiger partial charge on any atom is 0.232 e. The number of hydrogen-bond acceptors (Lipinski definition) is 9. The Balaban J connectivity index is 1.40. The number of hydrogen-bond donors (Lipinski definition) is 2. The molecule has 4 heterocycles. The summed E-state index contributed by atoms with van der Waals surface area (Å²) in [4.78, 5) is 35.2. The molecule has 1 fully saturated rings. The number of aromatic nitrogens is 4. The fourth-order valence-electron chi connectivity index (χ4n) is 4.29. The Labute approximate surface area is 197 Å². The number of benzene rings is 1. The SMILES string of the molecule is NC1=N[C@@]2(c3cccc(NC(=O)Cc4ncc(F)cn4)c3)CN(c3ncc(F)cn3)C[C@H]2CS1. The largest absolute Gasteiger partial charge is 0.379 e. The van der Waals surface area contributed by atoms with Crippen LogP contribution in [0.1, 0.15) is 11.4 Å². The van der Waals surface area contributed by atoms with E-state index in [9.17, 15) is 13.6 Å². The first-order chi connectivity index (χ1) is 16.4. The van der Waals surface area contributed by atoms with E-state index in [2.05, 4.69) is 25.3 Å². The van der Waals surface area contributed by atoms with Crippen molar-refractivity contribution < 1.29 is 13.6 Å². The summed E-state index contributed by atoms with van der Waals surface area (Å²) >= 11 is 1.49. The van der Waals surface area contributed by atoms with Crippen LogP contribution in [0.3, 0.4) is 0 Å². The lowest BCUT2D eigenvalue weighted by Gasteiger charge is -2.34. The Morgan fingerprint density at radius 1 is 1.15 bits per heavy atom. The Morgan fingerprint density at radius 2 is 1.85 bits per heavy atom. The molecule has 2 aliphatic rings. The van der Waals surface area contributed by atoms with E-state index in [1.165, 1.54) is 11.8 Å². The van der Waals surface area contributed by atoms with Gasteiger partial charge in [0.25, 0.3) is 0 Å². The molecule has 0 radical (unpaired) electrons. The molecule has 0 saturated carbocycles. The Morgan fingerprint density at radius 3 is 2.59 bits per heavy atom. The van der Waals surface area contributed by atoms with Gasteiger partial charge in [0.15, 0.2) is 16.8 Å². The van der Waals surface area contributed by atoms with E-state index in [0.29, 0.717) is 29.9 Å². The molecule has 12 heteroatoms. The maximum atomic E-state index is 13.3. The maximum absolute atomic E-state index is 13.3. The van der Waals surface area contributed by atoms with Gasteiger partial charge in [-0.15, -0.1) is 0 Å². The number of halogens is 2. The number of nitrogens with two attached hydrogens (primary N) is 1. The molecule has 0 spiro atoms. The highest BCUT2D eigenvalue weighted by atomic mass is 32.2. The molecule has 3 N–H and O–H groups in total. The van der Waals surface area contributed by atoms with E-state index in [1.807, 2.05) is 23.1 Å². The molecule has 0 aliphatic carbocycles. The summed E-state index contributed by atoms with van der Waals surface area (Å²) in [5.74, 6) is 0.129. The van der Waals surface area contributed by atoms with Gasteiger partial charge in [-0.25, -0.2) is 33.7 Å². The molecule has 34 heavy (non-hydrogen) atoms. The van der Waals surface area contributed by atoms with Gasteiger partial charge >= 0.3 is 0 Å². The van der Waals surface area contributed by atoms with Crippen molar-refractivity contribution in [3.05, 3.63) is 72.1 Å². The summed E-state index contributed by atoms with van der Waals surface area (Å²) < 4.78 is 26.3. The first-order valence-corrected chi connectivity index (χ1v) is 11.5. The number of rotatable bonds is 5. The lowest BCUT2D eigenvalue weighted by atomic mass is 9.81. The van der Waals surface area contributed by atoms with Crippen LogP contribution < -0.4 is 16.0 Å². The van der Waals surface area contributed by atoms with Crippen molar-refractivity contribution in [1.29, 1.82) is 0 Å². The summed E-state index contributed by atoms with van der Waals surface area (Å²) in [5, 5.41) is 3.33. The van der Waals surface area contributed by atoms with Crippen LogP contribution >= 0.6 is 11.8 Å². The highest BCUT2D eigenvalue weighted by Crippen LogP contribution is 2.46. The van der Waals surface area contributed by atoms with E-state index in [4.69, 9.17) is 10.7 Å². The Bertz CT molecular complexity index is 1240. The fourth-order valence-corrected chi connectivity index (χ4v) is 5.27. The van der Waals surface area contributed by atoms with Crippen LogP contribution in [0.15, 0.2) is 54.0 Å². The van der Waals surface area contributed by atoms with Crippen molar-refractivity contribution in [3.8, 4) is 0 Å². The van der Waals surface area contributed by atoms with E-state index in [0.717, 1.165) is 36.1 Å². The number of carbonyl (C=O) groups excluding carboxylic acids is 1. The number of amides is 1. The van der Waals surface area contributed by atoms with Crippen LogP contribution in [0.25, 0.3) is 0 Å². The molecule has 3 aromatic rings. The van der Waals surface area contributed by atoms with Crippen molar-refractivity contribution >= 4 is 34.5 Å². The third-order valence-corrected chi connectivity index (χ3v) is 6.77. The van der Waals surface area contributed by atoms with Gasteiger partial charge in [-0.2, -0.15) is 0 Å². The number of nitrogens with zero attached hydrogens (tertiary/aromatic N) is 6. The van der Waals surface area contributed by atoms with Crippen LogP contribution in [0.2, 0.25) is 0 Å². The van der Waals surface area contributed by atoms with Crippen LogP contribution in [0.5, 0.6) is 0 Å². The fraction of sp³-hybridized carbons (Fsp3) is 0.273. The smallest absolute Gasteiger partial charge is 0.232 e. The average molecular weight is 483 g/mol. The van der Waals surface area contributed by atoms with Gasteiger partial charge in [0.05, 0.1) is 37.8 Å². The molecular weight excluding hydrogens is 462 g/mol. The van der Waals surface area contributed by atoms with E-state index in [1.54, 1.807) is 6.07 Å². The zero-order chi connectivity index (χ0) is 23.7. The molecule has 2 aromatic heterocycles. The second kappa shape index (κ2) is 8.93. The molecule has 9 nitrogen and oxygen atoms in total. The molecule has 0 bridgehead atoms. The summed E-state index contributed by atoms with van der Waals surface area (Å²) in [6, 6.07) is 7.44. The molecule has 1 aromatic carbocycles. The van der Waals surface area contributed by atoms with Gasteiger partial charge < -0.3 is 16.0 Å². The molecule has 2 aliphatic heterocycles. The Hall–Kier alpha value is -3.67. The van der Waals surface area contributed by atoms with Gasteiger partial charge in [-0.1, -0.05) is 23.9 Å². The number of amidine groups is 1. The molecule has 0 unspecified atom stereocenters. The third kappa shape index (κ3) is 4.40. The number of nitrogens with one attached hydrogen (secondary N) is 1. The molecule has 2 atom stereocenters. The van der Waals surface area contributed by atoms with Crippen molar-refractivity contribution in [3.63, 3.8) is 0 Å². The van der Waals surface area contributed by atoms with Crippen LogP contribution in [0, 0.1) is 17.6 Å². The van der Waals surface area contributed by atoms with E-state index >= 15 is 0 Å². The van der Waals surface area contributed by atoms with Crippen LogP contribution in [-0.2, 0) is 16.8 Å². The standard InChI is InChI=1S/C22H20F2N8OS/c23-15-6-26-18(27-7-15)5-19(33)30-17-3-1-2-13(4-17)22-12-32(21-28-8-16(24)9-29-21)10-14(22)11-34-20(25)31-22/h1-4,6-9,14H,5,10-12H2,(H2,25,31)(H,30,33)/t14-,22+/m0/s1. The van der Waals surface area contributed by atoms with Crippen molar-refractivity contribution in [1.82, 2.24) is 19.9 Å². The van der Waals surface area contributed by atoms with Crippen molar-refractivity contribution in [2.24, 2.45) is 16.6 Å². The van der Waals surface area contributed by atoms with Crippen molar-refractivity contribution in [2.45, 2.75) is 12.0 Å². The molecule has 174 valence electrons. The van der Waals surface area contributed by atoms with Gasteiger partial charge in [0, 0.05) is 23.9 Å². The average Bonchev–Trinajstić information content (AvgIpc) is 3.21.